The molecule has 0 spiro atoms. The van der Waals surface area contributed by atoms with Gasteiger partial charge in [-0.25, -0.2) is 9.37 Å². The first-order valence-electron chi connectivity index (χ1n) is 7.87. The summed E-state index contributed by atoms with van der Waals surface area (Å²) in [5.41, 5.74) is 5.71. The fourth-order valence-electron chi connectivity index (χ4n) is 3.27. The van der Waals surface area contributed by atoms with Crippen molar-refractivity contribution in [1.82, 2.24) is 4.98 Å². The van der Waals surface area contributed by atoms with E-state index in [0.717, 1.165) is 24.5 Å². The number of halogens is 1. The summed E-state index contributed by atoms with van der Waals surface area (Å²) in [6.07, 6.45) is 2.17. The maximum atomic E-state index is 14.0. The van der Waals surface area contributed by atoms with Crippen molar-refractivity contribution < 1.29 is 14.3 Å². The van der Waals surface area contributed by atoms with Crippen molar-refractivity contribution in [2.75, 3.05) is 24.6 Å². The molecular formula is C17H20FN3O2S. The van der Waals surface area contributed by atoms with Crippen molar-refractivity contribution in [3.63, 3.8) is 0 Å². The summed E-state index contributed by atoms with van der Waals surface area (Å²) >= 11 is 1.36. The quantitative estimate of drug-likeness (QED) is 0.867. The largest absolute Gasteiger partial charge is 0.396 e. The van der Waals surface area contributed by atoms with Gasteiger partial charge < -0.3 is 15.7 Å². The maximum Gasteiger partial charge on any atom is 0.268 e. The van der Waals surface area contributed by atoms with Crippen LogP contribution in [0.25, 0.3) is 0 Å². The molecule has 0 aliphatic carbocycles. The van der Waals surface area contributed by atoms with Crippen molar-refractivity contribution in [3.05, 3.63) is 46.7 Å². The number of primary amides is 1. The lowest BCUT2D eigenvalue weighted by Gasteiger charge is -2.42. The van der Waals surface area contributed by atoms with Crippen LogP contribution in [0.3, 0.4) is 0 Å². The number of thiazole rings is 1. The van der Waals surface area contributed by atoms with Crippen LogP contribution in [-0.4, -0.2) is 35.7 Å². The number of hydrogen-bond donors (Lipinski definition) is 2. The molecule has 1 aliphatic rings. The molecule has 1 saturated heterocycles. The lowest BCUT2D eigenvalue weighted by atomic mass is 9.76. The Morgan fingerprint density at radius 2 is 2.25 bits per heavy atom. The molecular weight excluding hydrogens is 329 g/mol. The highest BCUT2D eigenvalue weighted by Crippen LogP contribution is 2.36. The molecule has 1 aliphatic heterocycles. The van der Waals surface area contributed by atoms with Crippen LogP contribution in [0.5, 0.6) is 0 Å². The summed E-state index contributed by atoms with van der Waals surface area (Å²) in [7, 11) is 0. The molecule has 1 fully saturated rings. The van der Waals surface area contributed by atoms with Gasteiger partial charge in [0.15, 0.2) is 5.13 Å². The minimum Gasteiger partial charge on any atom is -0.396 e. The fourth-order valence-corrected chi connectivity index (χ4v) is 4.11. The molecule has 0 bridgehead atoms. The van der Waals surface area contributed by atoms with E-state index in [0.29, 0.717) is 18.5 Å². The number of aromatic nitrogens is 1. The van der Waals surface area contributed by atoms with E-state index < -0.39 is 11.3 Å². The number of carbonyl (C=O) groups excluding carboxylic acids is 1. The fraction of sp³-hybridized carbons (Fsp3) is 0.412. The third-order valence-corrected chi connectivity index (χ3v) is 5.44. The van der Waals surface area contributed by atoms with Gasteiger partial charge in [-0.15, -0.1) is 11.3 Å². The number of piperidine rings is 1. The number of hydrogen-bond acceptors (Lipinski definition) is 5. The Bertz CT molecular complexity index is 736. The first-order chi connectivity index (χ1) is 11.5. The van der Waals surface area contributed by atoms with E-state index in [2.05, 4.69) is 9.88 Å². The van der Waals surface area contributed by atoms with Crippen molar-refractivity contribution in [2.24, 2.45) is 11.1 Å². The number of aliphatic hydroxyl groups excluding tert-OH is 1. The van der Waals surface area contributed by atoms with Gasteiger partial charge in [-0.1, -0.05) is 18.2 Å². The normalized spacial score (nSPS) is 21.0. The number of benzene rings is 1. The molecule has 2 heterocycles. The van der Waals surface area contributed by atoms with Crippen molar-refractivity contribution in [3.8, 4) is 0 Å². The van der Waals surface area contributed by atoms with Crippen molar-refractivity contribution in [1.29, 1.82) is 0 Å². The van der Waals surface area contributed by atoms with E-state index in [1.807, 2.05) is 6.07 Å². The van der Waals surface area contributed by atoms with E-state index >= 15 is 0 Å². The van der Waals surface area contributed by atoms with Gasteiger partial charge in [-0.05, 0) is 30.9 Å². The number of nitrogens with zero attached hydrogens (tertiary/aromatic N) is 2. The zero-order valence-electron chi connectivity index (χ0n) is 13.2. The van der Waals surface area contributed by atoms with Crippen LogP contribution in [0.15, 0.2) is 29.6 Å². The molecule has 2 aromatic rings. The number of aliphatic hydroxyl groups is 1. The summed E-state index contributed by atoms with van der Waals surface area (Å²) in [4.78, 5) is 17.6. The van der Waals surface area contributed by atoms with Crippen LogP contribution in [0, 0.1) is 11.2 Å². The molecule has 1 aromatic heterocycles. The van der Waals surface area contributed by atoms with E-state index in [-0.39, 0.29) is 18.1 Å². The molecule has 3 N–H and O–H groups in total. The summed E-state index contributed by atoms with van der Waals surface area (Å²) < 4.78 is 14.0. The molecule has 1 atom stereocenters. The smallest absolute Gasteiger partial charge is 0.268 e. The van der Waals surface area contributed by atoms with Crippen LogP contribution in [0.4, 0.5) is 9.52 Å². The second-order valence-electron chi connectivity index (χ2n) is 6.33. The molecule has 128 valence electrons. The van der Waals surface area contributed by atoms with E-state index in [1.54, 1.807) is 17.5 Å². The van der Waals surface area contributed by atoms with Crippen LogP contribution in [0.2, 0.25) is 0 Å². The average Bonchev–Trinajstić information content (AvgIpc) is 3.08. The SMILES string of the molecule is NC(=O)c1csc(N2CCC[C@@](CO)(Cc3ccccc3F)C2)n1. The van der Waals surface area contributed by atoms with Crippen LogP contribution < -0.4 is 10.6 Å². The predicted octanol–water partition coefficient (Wildman–Crippen LogP) is 2.20. The highest BCUT2D eigenvalue weighted by molar-refractivity contribution is 7.13. The van der Waals surface area contributed by atoms with Gasteiger partial charge >= 0.3 is 0 Å². The number of amides is 1. The summed E-state index contributed by atoms with van der Waals surface area (Å²) in [5, 5.41) is 12.4. The monoisotopic (exact) mass is 349 g/mol. The molecule has 24 heavy (non-hydrogen) atoms. The first kappa shape index (κ1) is 16.9. The summed E-state index contributed by atoms with van der Waals surface area (Å²) in [5.74, 6) is -0.790. The lowest BCUT2D eigenvalue weighted by Crippen LogP contribution is -2.47. The Balaban J connectivity index is 1.81. The van der Waals surface area contributed by atoms with Crippen LogP contribution >= 0.6 is 11.3 Å². The van der Waals surface area contributed by atoms with Gasteiger partial charge in [0.05, 0.1) is 6.61 Å². The number of anilines is 1. The van der Waals surface area contributed by atoms with E-state index in [9.17, 15) is 14.3 Å². The van der Waals surface area contributed by atoms with Gasteiger partial charge in [0.25, 0.3) is 5.91 Å². The van der Waals surface area contributed by atoms with Gasteiger partial charge in [0, 0.05) is 23.9 Å². The van der Waals surface area contributed by atoms with E-state index in [4.69, 9.17) is 5.73 Å². The molecule has 1 amide bonds. The first-order valence-corrected chi connectivity index (χ1v) is 8.75. The molecule has 0 radical (unpaired) electrons. The van der Waals surface area contributed by atoms with Crippen LogP contribution in [0.1, 0.15) is 28.9 Å². The molecule has 1 aromatic carbocycles. The van der Waals surface area contributed by atoms with Gasteiger partial charge in [0.1, 0.15) is 11.5 Å². The molecule has 3 rings (SSSR count). The highest BCUT2D eigenvalue weighted by atomic mass is 32.1. The summed E-state index contributed by atoms with van der Waals surface area (Å²) in [6.45, 7) is 1.35. The molecule has 0 unspecified atom stereocenters. The van der Waals surface area contributed by atoms with Gasteiger partial charge in [-0.3, -0.25) is 4.79 Å². The Morgan fingerprint density at radius 3 is 2.92 bits per heavy atom. The van der Waals surface area contributed by atoms with E-state index in [1.165, 1.54) is 17.4 Å². The van der Waals surface area contributed by atoms with Crippen LogP contribution in [-0.2, 0) is 6.42 Å². The number of carbonyl (C=O) groups is 1. The lowest BCUT2D eigenvalue weighted by molar-refractivity contribution is 0.0995. The third-order valence-electron chi connectivity index (χ3n) is 4.54. The van der Waals surface area contributed by atoms with Crippen molar-refractivity contribution >= 4 is 22.4 Å². The Morgan fingerprint density at radius 1 is 1.46 bits per heavy atom. The topological polar surface area (TPSA) is 79.5 Å². The predicted molar refractivity (Wildman–Crippen MR) is 91.7 cm³/mol. The number of nitrogens with two attached hydrogens (primary N) is 1. The zero-order valence-corrected chi connectivity index (χ0v) is 14.1. The Kier molecular flexibility index (Phi) is 4.82. The second kappa shape index (κ2) is 6.86. The van der Waals surface area contributed by atoms with Gasteiger partial charge in [-0.2, -0.15) is 0 Å². The number of rotatable bonds is 5. The Hall–Kier alpha value is -1.99. The third kappa shape index (κ3) is 3.42. The molecule has 5 nitrogen and oxygen atoms in total. The Labute approximate surface area is 143 Å². The maximum absolute atomic E-state index is 14.0. The summed E-state index contributed by atoms with van der Waals surface area (Å²) in [6, 6.07) is 6.68. The highest BCUT2D eigenvalue weighted by Gasteiger charge is 2.36. The van der Waals surface area contributed by atoms with Crippen molar-refractivity contribution in [2.45, 2.75) is 19.3 Å². The standard InChI is InChI=1S/C17H20FN3O2S/c18-13-5-2-1-4-12(13)8-17(11-22)6-3-7-21(10-17)16-20-14(9-24-16)15(19)23/h1-2,4-5,9,22H,3,6-8,10-11H2,(H2,19,23)/t17-/m1/s1. The van der Waals surface area contributed by atoms with Gasteiger partial charge in [0.2, 0.25) is 0 Å². The minimum absolute atomic E-state index is 0.0219. The molecule has 0 saturated carbocycles. The minimum atomic E-state index is -0.547. The average molecular weight is 349 g/mol. The second-order valence-corrected chi connectivity index (χ2v) is 7.17. The molecule has 7 heteroatoms. The zero-order chi connectivity index (χ0) is 17.2.